The molecule has 0 aromatic heterocycles. The van der Waals surface area contributed by atoms with Gasteiger partial charge in [-0.05, 0) is 23.3 Å². The van der Waals surface area contributed by atoms with Crippen LogP contribution in [0.15, 0.2) is 54.6 Å². The molecule has 2 amide bonds. The van der Waals surface area contributed by atoms with Gasteiger partial charge in [0.2, 0.25) is 12.2 Å². The van der Waals surface area contributed by atoms with Gasteiger partial charge in [0.05, 0.1) is 5.69 Å². The number of carbonyl (C=O) groups is 4. The van der Waals surface area contributed by atoms with Gasteiger partial charge in [0, 0.05) is 13.8 Å². The number of esters is 2. The van der Waals surface area contributed by atoms with Crippen molar-refractivity contribution in [3.05, 3.63) is 54.6 Å². The number of nitrogens with zero attached hydrogens (tertiary/aromatic N) is 1. The van der Waals surface area contributed by atoms with Crippen LogP contribution in [0.1, 0.15) is 13.8 Å². The number of amides is 2. The van der Waals surface area contributed by atoms with Crippen LogP contribution in [0, 0.1) is 0 Å². The third-order valence-electron chi connectivity index (χ3n) is 4.02. The summed E-state index contributed by atoms with van der Waals surface area (Å²) in [5.41, 5.74) is 2.20. The van der Waals surface area contributed by atoms with E-state index in [4.69, 9.17) is 9.47 Å². The Labute approximate surface area is 155 Å². The van der Waals surface area contributed by atoms with Crippen LogP contribution < -0.4 is 4.90 Å². The molecule has 7 nitrogen and oxygen atoms in total. The van der Waals surface area contributed by atoms with Gasteiger partial charge in [-0.1, -0.05) is 42.5 Å². The molecule has 0 spiro atoms. The minimum absolute atomic E-state index is 0.302. The first-order valence-corrected chi connectivity index (χ1v) is 8.26. The lowest BCUT2D eigenvalue weighted by Crippen LogP contribution is -2.36. The summed E-state index contributed by atoms with van der Waals surface area (Å²) in [6, 6.07) is 16.4. The predicted octanol–water partition coefficient (Wildman–Crippen LogP) is 2.09. The predicted molar refractivity (Wildman–Crippen MR) is 95.5 cm³/mol. The zero-order valence-electron chi connectivity index (χ0n) is 14.7. The normalized spacial score (nSPS) is 19.1. The van der Waals surface area contributed by atoms with Crippen LogP contribution in [0.4, 0.5) is 5.69 Å². The number of ether oxygens (including phenoxy) is 2. The molecule has 7 heteroatoms. The summed E-state index contributed by atoms with van der Waals surface area (Å²) in [5.74, 6) is -3.01. The van der Waals surface area contributed by atoms with Gasteiger partial charge < -0.3 is 9.47 Å². The van der Waals surface area contributed by atoms with Gasteiger partial charge in [0.1, 0.15) is 0 Å². The summed E-state index contributed by atoms with van der Waals surface area (Å²) >= 11 is 0. The molecular formula is C20H17NO6. The zero-order chi connectivity index (χ0) is 19.6. The van der Waals surface area contributed by atoms with Crippen LogP contribution in [0.2, 0.25) is 0 Å². The molecular weight excluding hydrogens is 350 g/mol. The molecule has 0 bridgehead atoms. The number of rotatable bonds is 4. The molecule has 0 unspecified atom stereocenters. The number of benzene rings is 2. The highest BCUT2D eigenvalue weighted by atomic mass is 16.6. The van der Waals surface area contributed by atoms with Gasteiger partial charge in [0.25, 0.3) is 11.8 Å². The molecule has 1 saturated heterocycles. The summed E-state index contributed by atoms with van der Waals surface area (Å²) in [7, 11) is 0. The summed E-state index contributed by atoms with van der Waals surface area (Å²) in [6.45, 7) is 2.22. The summed E-state index contributed by atoms with van der Waals surface area (Å²) in [6.07, 6.45) is -2.99. The summed E-state index contributed by atoms with van der Waals surface area (Å²) < 4.78 is 9.85. The Kier molecular flexibility index (Phi) is 5.03. The monoisotopic (exact) mass is 367 g/mol. The Hall–Kier alpha value is -3.48. The molecule has 2 aromatic rings. The maximum Gasteiger partial charge on any atom is 0.303 e. The van der Waals surface area contributed by atoms with E-state index >= 15 is 0 Å². The number of imide groups is 1. The van der Waals surface area contributed by atoms with Crippen LogP contribution in [0.3, 0.4) is 0 Å². The van der Waals surface area contributed by atoms with E-state index in [1.807, 2.05) is 30.3 Å². The quantitative estimate of drug-likeness (QED) is 0.607. The average Bonchev–Trinajstić information content (AvgIpc) is 2.86. The van der Waals surface area contributed by atoms with E-state index in [9.17, 15) is 19.2 Å². The maximum atomic E-state index is 12.6. The molecule has 1 aliphatic heterocycles. The Balaban J connectivity index is 1.91. The van der Waals surface area contributed by atoms with Gasteiger partial charge >= 0.3 is 11.9 Å². The number of anilines is 1. The van der Waals surface area contributed by atoms with Crippen molar-refractivity contribution in [1.29, 1.82) is 0 Å². The first-order chi connectivity index (χ1) is 12.9. The molecule has 0 radical (unpaired) electrons. The van der Waals surface area contributed by atoms with E-state index in [-0.39, 0.29) is 0 Å². The van der Waals surface area contributed by atoms with E-state index < -0.39 is 36.0 Å². The highest BCUT2D eigenvalue weighted by Gasteiger charge is 2.52. The molecule has 0 saturated carbocycles. The molecule has 138 valence electrons. The van der Waals surface area contributed by atoms with Crippen molar-refractivity contribution < 1.29 is 28.7 Å². The minimum atomic E-state index is -1.49. The van der Waals surface area contributed by atoms with E-state index in [2.05, 4.69) is 0 Å². The first kappa shape index (κ1) is 18.3. The Morgan fingerprint density at radius 1 is 0.741 bits per heavy atom. The fourth-order valence-corrected chi connectivity index (χ4v) is 2.89. The van der Waals surface area contributed by atoms with Gasteiger partial charge in [-0.3, -0.25) is 19.2 Å². The van der Waals surface area contributed by atoms with E-state index in [1.165, 1.54) is 0 Å². The molecule has 0 aliphatic carbocycles. The maximum absolute atomic E-state index is 12.6. The van der Waals surface area contributed by atoms with Gasteiger partial charge in [0.15, 0.2) is 0 Å². The molecule has 3 rings (SSSR count). The third kappa shape index (κ3) is 3.72. The van der Waals surface area contributed by atoms with Gasteiger partial charge in [-0.15, -0.1) is 0 Å². The zero-order valence-corrected chi connectivity index (χ0v) is 14.7. The Morgan fingerprint density at radius 3 is 1.63 bits per heavy atom. The van der Waals surface area contributed by atoms with Crippen LogP contribution in [-0.2, 0) is 28.7 Å². The van der Waals surface area contributed by atoms with E-state index in [1.54, 1.807) is 24.3 Å². The second kappa shape index (κ2) is 7.41. The second-order valence-corrected chi connectivity index (χ2v) is 5.98. The van der Waals surface area contributed by atoms with Crippen molar-refractivity contribution >= 4 is 29.4 Å². The molecule has 1 aliphatic rings. The fourth-order valence-electron chi connectivity index (χ4n) is 2.89. The topological polar surface area (TPSA) is 90.0 Å². The minimum Gasteiger partial charge on any atom is -0.448 e. The van der Waals surface area contributed by atoms with Crippen molar-refractivity contribution in [3.8, 4) is 11.1 Å². The summed E-state index contributed by atoms with van der Waals surface area (Å²) in [4.78, 5) is 48.7. The van der Waals surface area contributed by atoms with E-state index in [0.29, 0.717) is 5.69 Å². The fraction of sp³-hybridized carbons (Fsp3) is 0.200. The lowest BCUT2D eigenvalue weighted by atomic mass is 10.1. The molecule has 0 N–H and O–H groups in total. The first-order valence-electron chi connectivity index (χ1n) is 8.26. The molecule has 1 heterocycles. The Bertz CT molecular complexity index is 856. The number of hydrogen-bond donors (Lipinski definition) is 0. The highest BCUT2D eigenvalue weighted by molar-refractivity contribution is 6.25. The molecule has 2 aromatic carbocycles. The highest BCUT2D eigenvalue weighted by Crippen LogP contribution is 2.29. The molecule has 2 atom stereocenters. The van der Waals surface area contributed by atoms with Crippen molar-refractivity contribution in [2.45, 2.75) is 26.1 Å². The summed E-state index contributed by atoms with van der Waals surface area (Å²) in [5, 5.41) is 0. The van der Waals surface area contributed by atoms with E-state index in [0.717, 1.165) is 29.9 Å². The van der Waals surface area contributed by atoms with Crippen LogP contribution in [0.25, 0.3) is 11.1 Å². The van der Waals surface area contributed by atoms with Gasteiger partial charge in [-0.25, -0.2) is 4.90 Å². The van der Waals surface area contributed by atoms with Crippen LogP contribution in [0.5, 0.6) is 0 Å². The lowest BCUT2D eigenvalue weighted by Gasteiger charge is -2.14. The van der Waals surface area contributed by atoms with Crippen LogP contribution >= 0.6 is 0 Å². The van der Waals surface area contributed by atoms with Crippen molar-refractivity contribution in [1.82, 2.24) is 0 Å². The SMILES string of the molecule is CC(=O)O[C@H]1C(=O)N(c2ccc(-c3ccccc3)cc2)C(=O)[C@@H]1OC(C)=O. The standard InChI is InChI=1S/C20H17NO6/c1-12(22)26-17-18(27-13(2)23)20(25)21(19(17)24)16-10-8-15(9-11-16)14-6-4-3-5-7-14/h3-11,17-18H,1-2H3/t17-,18-/m1/s1. The molecule has 1 fully saturated rings. The number of carbonyl (C=O) groups excluding carboxylic acids is 4. The Morgan fingerprint density at radius 2 is 1.19 bits per heavy atom. The average molecular weight is 367 g/mol. The van der Waals surface area contributed by atoms with Crippen molar-refractivity contribution in [2.75, 3.05) is 4.90 Å². The van der Waals surface area contributed by atoms with Gasteiger partial charge in [-0.2, -0.15) is 0 Å². The smallest absolute Gasteiger partial charge is 0.303 e. The second-order valence-electron chi connectivity index (χ2n) is 5.98. The van der Waals surface area contributed by atoms with Crippen molar-refractivity contribution in [3.63, 3.8) is 0 Å². The molecule has 27 heavy (non-hydrogen) atoms. The van der Waals surface area contributed by atoms with Crippen molar-refractivity contribution in [2.24, 2.45) is 0 Å². The van der Waals surface area contributed by atoms with Crippen LogP contribution in [-0.4, -0.2) is 36.0 Å². The largest absolute Gasteiger partial charge is 0.448 e. The number of hydrogen-bond acceptors (Lipinski definition) is 6. The third-order valence-corrected chi connectivity index (χ3v) is 4.02. The lowest BCUT2D eigenvalue weighted by molar-refractivity contribution is -0.167.